The van der Waals surface area contributed by atoms with Gasteiger partial charge in [0.15, 0.2) is 0 Å². The van der Waals surface area contributed by atoms with Gasteiger partial charge in [0.25, 0.3) is 0 Å². The summed E-state index contributed by atoms with van der Waals surface area (Å²) in [7, 11) is 2.21. The molecule has 0 aliphatic heterocycles. The maximum absolute atomic E-state index is 11.9. The maximum Gasteiger partial charge on any atom is 0.320 e. The van der Waals surface area contributed by atoms with E-state index in [1.165, 1.54) is 57.8 Å². The highest BCUT2D eigenvalue weighted by Crippen LogP contribution is 2.13. The highest BCUT2D eigenvalue weighted by atomic mass is 31.0. The highest BCUT2D eigenvalue weighted by Gasteiger charge is 2.13. The Morgan fingerprint density at radius 2 is 1.07 bits per heavy atom. The molecule has 11 nitrogen and oxygen atoms in total. The van der Waals surface area contributed by atoms with Gasteiger partial charge >= 0.3 is 11.9 Å². The third-order valence-corrected chi connectivity index (χ3v) is 7.36. The van der Waals surface area contributed by atoms with Gasteiger partial charge < -0.3 is 30.3 Å². The lowest BCUT2D eigenvalue weighted by molar-refractivity contribution is -0.139. The van der Waals surface area contributed by atoms with E-state index in [-0.39, 0.29) is 18.4 Å². The van der Waals surface area contributed by atoms with Crippen LogP contribution < -0.4 is 15.7 Å². The largest absolute Gasteiger partial charge is 0.481 e. The van der Waals surface area contributed by atoms with Crippen LogP contribution in [0.1, 0.15) is 122 Å². The molecule has 12 heteroatoms. The number of hydrogen-bond donors (Lipinski definition) is 5. The van der Waals surface area contributed by atoms with Gasteiger partial charge in [-0.3, -0.25) is 24.3 Å². The molecule has 0 saturated carbocycles. The fraction of sp³-hybridized carbons (Fsp3) is 0.867. The van der Waals surface area contributed by atoms with Crippen molar-refractivity contribution in [3.05, 3.63) is 0 Å². The topological polar surface area (TPSA) is 163 Å². The first-order valence-electron chi connectivity index (χ1n) is 16.0. The standard InChI is InChI=1S/C30H58N3O8P/c34-27(18-13-11-9-7-5-3-1-2-4-6-8-10-12-14-19-29(36)37)32-21-22-40-23-24-41-25-28(35)31-20-16-15-17-26(33-42)30(38)39/h26,33H,1-25,42H2,(H,31,35)(H,32,34)(H,36,37)(H,38,39)/t26-/m0/s1. The van der Waals surface area contributed by atoms with Gasteiger partial charge in [-0.25, -0.2) is 0 Å². The smallest absolute Gasteiger partial charge is 0.320 e. The van der Waals surface area contributed by atoms with Gasteiger partial charge in [0, 0.05) is 25.9 Å². The normalized spacial score (nSPS) is 11.7. The van der Waals surface area contributed by atoms with E-state index in [0.717, 1.165) is 32.1 Å². The first-order chi connectivity index (χ1) is 20.4. The summed E-state index contributed by atoms with van der Waals surface area (Å²) in [6.07, 6.45) is 19.0. The third-order valence-electron chi connectivity index (χ3n) is 6.96. The van der Waals surface area contributed by atoms with Gasteiger partial charge in [0.05, 0.1) is 19.8 Å². The third kappa shape index (κ3) is 29.7. The molecule has 0 aromatic heterocycles. The number of hydrogen-bond acceptors (Lipinski definition) is 7. The van der Waals surface area contributed by atoms with Crippen molar-refractivity contribution in [2.24, 2.45) is 0 Å². The molecule has 246 valence electrons. The van der Waals surface area contributed by atoms with Crippen LogP contribution in [0, 0.1) is 0 Å². The summed E-state index contributed by atoms with van der Waals surface area (Å²) in [5.74, 6) is -1.74. The molecule has 0 aromatic rings. The van der Waals surface area contributed by atoms with Crippen molar-refractivity contribution in [3.8, 4) is 0 Å². The van der Waals surface area contributed by atoms with Crippen LogP contribution in [0.15, 0.2) is 0 Å². The first-order valence-corrected chi connectivity index (χ1v) is 16.5. The number of aliphatic carboxylic acids is 2. The Morgan fingerprint density at radius 1 is 0.571 bits per heavy atom. The monoisotopic (exact) mass is 619 g/mol. The summed E-state index contributed by atoms with van der Waals surface area (Å²) in [4.78, 5) is 45.0. The molecule has 1 unspecified atom stereocenters. The van der Waals surface area contributed by atoms with Crippen LogP contribution in [0.25, 0.3) is 0 Å². The van der Waals surface area contributed by atoms with Gasteiger partial charge in [-0.1, -0.05) is 86.4 Å². The van der Waals surface area contributed by atoms with Crippen LogP contribution in [0.2, 0.25) is 0 Å². The zero-order chi connectivity index (χ0) is 31.1. The van der Waals surface area contributed by atoms with E-state index < -0.39 is 18.0 Å². The van der Waals surface area contributed by atoms with Crippen LogP contribution in [0.4, 0.5) is 0 Å². The van der Waals surface area contributed by atoms with E-state index in [2.05, 4.69) is 25.1 Å². The van der Waals surface area contributed by atoms with Gasteiger partial charge in [-0.05, 0) is 32.1 Å². The molecule has 0 aromatic carbocycles. The summed E-state index contributed by atoms with van der Waals surface area (Å²) >= 11 is 0. The van der Waals surface area contributed by atoms with E-state index >= 15 is 0 Å². The molecule has 2 amide bonds. The average molecular weight is 620 g/mol. The minimum atomic E-state index is -0.890. The maximum atomic E-state index is 11.9. The summed E-state index contributed by atoms with van der Waals surface area (Å²) in [5, 5.41) is 25.8. The van der Waals surface area contributed by atoms with Crippen molar-refractivity contribution in [3.63, 3.8) is 0 Å². The summed E-state index contributed by atoms with van der Waals surface area (Å²) in [6, 6.07) is -0.596. The van der Waals surface area contributed by atoms with Gasteiger partial charge in [0.1, 0.15) is 12.6 Å². The fourth-order valence-corrected chi connectivity index (χ4v) is 4.76. The lowest BCUT2D eigenvalue weighted by Gasteiger charge is -2.11. The van der Waals surface area contributed by atoms with Crippen molar-refractivity contribution in [1.29, 1.82) is 0 Å². The number of carboxylic acid groups (broad SMARTS) is 2. The Bertz CT molecular complexity index is 699. The summed E-state index contributed by atoms with van der Waals surface area (Å²) in [6.45, 7) is 1.92. The number of unbranched alkanes of at least 4 members (excludes halogenated alkanes) is 14. The van der Waals surface area contributed by atoms with Crippen molar-refractivity contribution in [2.75, 3.05) is 39.5 Å². The van der Waals surface area contributed by atoms with E-state index in [0.29, 0.717) is 65.0 Å². The number of carbonyl (C=O) groups is 4. The molecule has 0 saturated heterocycles. The predicted octanol–water partition coefficient (Wildman–Crippen LogP) is 4.58. The van der Waals surface area contributed by atoms with Crippen molar-refractivity contribution in [1.82, 2.24) is 15.7 Å². The fourth-order valence-electron chi connectivity index (χ4n) is 4.45. The predicted molar refractivity (Wildman–Crippen MR) is 167 cm³/mol. The summed E-state index contributed by atoms with van der Waals surface area (Å²) in [5.41, 5.74) is 0. The molecule has 0 aliphatic rings. The zero-order valence-electron chi connectivity index (χ0n) is 25.7. The Balaban J connectivity index is 3.31. The van der Waals surface area contributed by atoms with Crippen LogP contribution in [0.5, 0.6) is 0 Å². The Hall–Kier alpha value is -1.81. The molecule has 0 aliphatic carbocycles. The van der Waals surface area contributed by atoms with Crippen LogP contribution in [-0.2, 0) is 28.7 Å². The molecular weight excluding hydrogens is 561 g/mol. The Kier molecular flexibility index (Phi) is 29.3. The second kappa shape index (κ2) is 30.6. The molecule has 0 fully saturated rings. The van der Waals surface area contributed by atoms with E-state index in [1.54, 1.807) is 0 Å². The van der Waals surface area contributed by atoms with Crippen molar-refractivity contribution >= 4 is 33.1 Å². The lowest BCUT2D eigenvalue weighted by atomic mass is 10.0. The second-order valence-corrected chi connectivity index (χ2v) is 11.1. The Labute approximate surface area is 255 Å². The molecule has 2 atom stereocenters. The van der Waals surface area contributed by atoms with Crippen LogP contribution in [0.3, 0.4) is 0 Å². The summed E-state index contributed by atoms with van der Waals surface area (Å²) < 4.78 is 10.7. The average Bonchev–Trinajstić information content (AvgIpc) is 2.95. The second-order valence-electron chi connectivity index (χ2n) is 10.8. The van der Waals surface area contributed by atoms with Gasteiger partial charge in [0.2, 0.25) is 11.8 Å². The molecular formula is C30H58N3O8P. The van der Waals surface area contributed by atoms with Crippen LogP contribution in [-0.4, -0.2) is 79.5 Å². The SMILES string of the molecule is O=C(O)CCCCCCCCCCCCCCCCC(=O)NCCOCCOCC(=O)NCCCC[C@H](NP)C(=O)O. The molecule has 0 bridgehead atoms. The minimum Gasteiger partial charge on any atom is -0.481 e. The van der Waals surface area contributed by atoms with Gasteiger partial charge in [-0.15, -0.1) is 0 Å². The minimum absolute atomic E-state index is 0.0507. The van der Waals surface area contributed by atoms with E-state index in [4.69, 9.17) is 19.7 Å². The van der Waals surface area contributed by atoms with Crippen LogP contribution >= 0.6 is 9.39 Å². The Morgan fingerprint density at radius 3 is 1.60 bits per heavy atom. The number of ether oxygens (including phenoxy) is 2. The molecule has 5 N–H and O–H groups in total. The van der Waals surface area contributed by atoms with Crippen molar-refractivity contribution < 1.29 is 38.9 Å². The number of amides is 2. The number of carbonyl (C=O) groups excluding carboxylic acids is 2. The molecule has 0 radical (unpaired) electrons. The van der Waals surface area contributed by atoms with E-state index in [1.807, 2.05) is 0 Å². The van der Waals surface area contributed by atoms with Gasteiger partial charge in [-0.2, -0.15) is 0 Å². The zero-order valence-corrected chi connectivity index (χ0v) is 26.8. The number of rotatable bonds is 32. The molecule has 0 heterocycles. The number of carboxylic acids is 2. The van der Waals surface area contributed by atoms with E-state index in [9.17, 15) is 19.2 Å². The molecule has 42 heavy (non-hydrogen) atoms. The first kappa shape index (κ1) is 40.2. The molecule has 0 spiro atoms. The molecule has 0 rings (SSSR count). The van der Waals surface area contributed by atoms with Crippen molar-refractivity contribution in [2.45, 2.75) is 128 Å². The quantitative estimate of drug-likeness (QED) is 0.0536. The highest BCUT2D eigenvalue weighted by molar-refractivity contribution is 7.13. The number of nitrogens with one attached hydrogen (secondary N) is 3. The lowest BCUT2D eigenvalue weighted by Crippen LogP contribution is -2.31.